The minimum absolute atomic E-state index is 0. The van der Waals surface area contributed by atoms with Crippen molar-refractivity contribution in [3.05, 3.63) is 11.6 Å². The molecule has 2 heteroatoms. The smallest absolute Gasteiger partial charge is 0.0925 e. The van der Waals surface area contributed by atoms with Crippen molar-refractivity contribution in [3.8, 4) is 0 Å². The first-order valence-corrected chi connectivity index (χ1v) is 3.59. The predicted octanol–water partition coefficient (Wildman–Crippen LogP) is 1.82. The summed E-state index contributed by atoms with van der Waals surface area (Å²) in [4.78, 5) is 0. The number of hydrogen-bond donors (Lipinski definition) is 0. The summed E-state index contributed by atoms with van der Waals surface area (Å²) in [5, 5.41) is 1.08. The van der Waals surface area contributed by atoms with Crippen LogP contribution in [0.1, 0.15) is 20.3 Å². The molecule has 0 aromatic heterocycles. The van der Waals surface area contributed by atoms with Gasteiger partial charge in [0.2, 0.25) is 0 Å². The van der Waals surface area contributed by atoms with E-state index in [-0.39, 0.29) is 23.1 Å². The fourth-order valence-corrected chi connectivity index (χ4v) is 0.572. The summed E-state index contributed by atoms with van der Waals surface area (Å²) in [7, 11) is 0. The van der Waals surface area contributed by atoms with Crippen molar-refractivity contribution in [2.45, 2.75) is 20.3 Å². The Morgan fingerprint density at radius 1 is 1.50 bits per heavy atom. The first kappa shape index (κ1) is 11.7. The Balaban J connectivity index is 0. The zero-order chi connectivity index (χ0) is 5.70. The maximum atomic E-state index is 3.33. The molecule has 0 aliphatic rings. The third kappa shape index (κ3) is 10.1. The van der Waals surface area contributed by atoms with Crippen molar-refractivity contribution in [1.82, 2.24) is 0 Å². The summed E-state index contributed by atoms with van der Waals surface area (Å²) in [6, 6.07) is 0. The summed E-state index contributed by atoms with van der Waals surface area (Å²) in [5.41, 5.74) is 1.40. The van der Waals surface area contributed by atoms with Crippen LogP contribution in [-0.4, -0.2) is 28.4 Å². The van der Waals surface area contributed by atoms with Gasteiger partial charge in [0.1, 0.15) is 0 Å². The zero-order valence-electron chi connectivity index (χ0n) is 4.87. The van der Waals surface area contributed by atoms with Gasteiger partial charge in [0.05, 0.1) is 0 Å². The molecule has 0 aromatic carbocycles. The fraction of sp³-hybridized carbons (Fsp3) is 0.667. The van der Waals surface area contributed by atoms with Gasteiger partial charge in [0.15, 0.2) is 0 Å². The minimum atomic E-state index is 0. The first-order valence-electron chi connectivity index (χ1n) is 2.46. The molecule has 0 amide bonds. The highest BCUT2D eigenvalue weighted by atomic mass is 79.9. The highest BCUT2D eigenvalue weighted by Gasteiger charge is 1.74. The van der Waals surface area contributed by atoms with Crippen molar-refractivity contribution < 1.29 is 0 Å². The van der Waals surface area contributed by atoms with Crippen LogP contribution in [0.4, 0.5) is 0 Å². The maximum absolute atomic E-state index is 3.33. The van der Waals surface area contributed by atoms with Crippen molar-refractivity contribution in [1.29, 1.82) is 0 Å². The molecule has 0 aromatic rings. The molecule has 0 unspecified atom stereocenters. The molecule has 0 aliphatic heterocycles. The van der Waals surface area contributed by atoms with Crippen molar-refractivity contribution in [3.63, 3.8) is 0 Å². The number of hydrogen-bond acceptors (Lipinski definition) is 0. The molecule has 0 heterocycles. The average molecular weight is 189 g/mol. The van der Waals surface area contributed by atoms with Gasteiger partial charge >= 0.3 is 23.1 Å². The van der Waals surface area contributed by atoms with Gasteiger partial charge < -0.3 is 0 Å². The molecule has 8 heavy (non-hydrogen) atoms. The van der Waals surface area contributed by atoms with Gasteiger partial charge in [-0.3, -0.25) is 0 Å². The molecule has 0 bridgehead atoms. The molecule has 0 atom stereocenters. The third-order valence-electron chi connectivity index (χ3n) is 0.662. The van der Waals surface area contributed by atoms with Crippen LogP contribution in [0.3, 0.4) is 0 Å². The molecule has 0 aliphatic carbocycles. The van der Waals surface area contributed by atoms with Crippen molar-refractivity contribution in [2.75, 3.05) is 5.33 Å². The van der Waals surface area contributed by atoms with Crippen LogP contribution in [-0.2, 0) is 0 Å². The van der Waals surface area contributed by atoms with E-state index in [9.17, 15) is 0 Å². The van der Waals surface area contributed by atoms with Crippen LogP contribution in [0.5, 0.6) is 0 Å². The first-order chi connectivity index (χ1) is 3.27. The van der Waals surface area contributed by atoms with E-state index >= 15 is 0 Å². The van der Waals surface area contributed by atoms with E-state index in [0.717, 1.165) is 11.8 Å². The van der Waals surface area contributed by atoms with E-state index in [1.807, 2.05) is 0 Å². The molecule has 0 N–H and O–H groups in total. The highest BCUT2D eigenvalue weighted by molar-refractivity contribution is 9.09. The summed E-state index contributed by atoms with van der Waals surface area (Å²) >= 11 is 3.33. The molecular formula is C6H13BrMg. The van der Waals surface area contributed by atoms with E-state index in [1.54, 1.807) is 0 Å². The van der Waals surface area contributed by atoms with Crippen molar-refractivity contribution in [2.24, 2.45) is 0 Å². The normalized spacial score (nSPS) is 7.38. The number of alkyl halides is 1. The molecule has 0 spiro atoms. The molecule has 0 saturated carbocycles. The average Bonchev–Trinajstić information content (AvgIpc) is 1.61. The van der Waals surface area contributed by atoms with Crippen LogP contribution in [0, 0.1) is 0 Å². The van der Waals surface area contributed by atoms with Gasteiger partial charge in [0.25, 0.3) is 0 Å². The second-order valence-corrected chi connectivity index (χ2v) is 2.55. The number of allylic oxidation sites excluding steroid dienone is 2. The van der Waals surface area contributed by atoms with Crippen molar-refractivity contribution >= 4 is 39.0 Å². The van der Waals surface area contributed by atoms with Crippen LogP contribution in [0.2, 0.25) is 0 Å². The molecular weight excluding hydrogens is 176 g/mol. The molecule has 0 saturated heterocycles. The Morgan fingerprint density at radius 3 is 2.12 bits per heavy atom. The maximum Gasteiger partial charge on any atom is 0.316 e. The van der Waals surface area contributed by atoms with Gasteiger partial charge in [-0.05, 0) is 20.3 Å². The van der Waals surface area contributed by atoms with Gasteiger partial charge in [0, 0.05) is 5.33 Å². The lowest BCUT2D eigenvalue weighted by Crippen LogP contribution is -1.67. The van der Waals surface area contributed by atoms with E-state index in [1.165, 1.54) is 5.57 Å². The van der Waals surface area contributed by atoms with Gasteiger partial charge in [-0.2, -0.15) is 0 Å². The largest absolute Gasteiger partial charge is 0.316 e. The fourth-order valence-electron chi connectivity index (χ4n) is 0.343. The SMILES string of the molecule is CC(C)=CCCBr.[MgH2]. The lowest BCUT2D eigenvalue weighted by molar-refractivity contribution is 1.20. The second-order valence-electron chi connectivity index (χ2n) is 1.76. The third-order valence-corrected chi connectivity index (χ3v) is 1.12. The molecule has 0 fully saturated rings. The van der Waals surface area contributed by atoms with Gasteiger partial charge in [-0.1, -0.05) is 27.6 Å². The Labute approximate surface area is 76.0 Å². The standard InChI is InChI=1S/C6H11Br.Mg.2H/c1-6(2)4-3-5-7;;;/h4H,3,5H2,1-2H3;;;. The molecule has 0 radical (unpaired) electrons. The lowest BCUT2D eigenvalue weighted by Gasteiger charge is -1.84. The van der Waals surface area contributed by atoms with Crippen LogP contribution in [0.15, 0.2) is 11.6 Å². The minimum Gasteiger partial charge on any atom is -0.0925 e. The van der Waals surface area contributed by atoms with Crippen LogP contribution >= 0.6 is 15.9 Å². The number of rotatable bonds is 2. The van der Waals surface area contributed by atoms with E-state index in [0.29, 0.717) is 0 Å². The summed E-state index contributed by atoms with van der Waals surface area (Å²) in [5.74, 6) is 0. The Morgan fingerprint density at radius 2 is 2.00 bits per heavy atom. The van der Waals surface area contributed by atoms with Crippen LogP contribution in [0.25, 0.3) is 0 Å². The summed E-state index contributed by atoms with van der Waals surface area (Å²) < 4.78 is 0. The van der Waals surface area contributed by atoms with Gasteiger partial charge in [-0.25, -0.2) is 0 Å². The van der Waals surface area contributed by atoms with Gasteiger partial charge in [-0.15, -0.1) is 0 Å². The molecule has 0 nitrogen and oxygen atoms in total. The summed E-state index contributed by atoms with van der Waals surface area (Å²) in [6.45, 7) is 4.23. The highest BCUT2D eigenvalue weighted by Crippen LogP contribution is 1.94. The van der Waals surface area contributed by atoms with Crippen LogP contribution < -0.4 is 0 Å². The zero-order valence-corrected chi connectivity index (χ0v) is 6.46. The Kier molecular flexibility index (Phi) is 11.7. The molecule has 46 valence electrons. The molecule has 0 rings (SSSR count). The Bertz CT molecular complexity index is 64.9. The monoisotopic (exact) mass is 188 g/mol. The predicted molar refractivity (Wildman–Crippen MR) is 46.4 cm³/mol. The number of halogens is 1. The quantitative estimate of drug-likeness (QED) is 0.353. The lowest BCUT2D eigenvalue weighted by atomic mass is 10.3. The van der Waals surface area contributed by atoms with E-state index < -0.39 is 0 Å². The topological polar surface area (TPSA) is 0 Å². The van der Waals surface area contributed by atoms with E-state index in [4.69, 9.17) is 0 Å². The summed E-state index contributed by atoms with van der Waals surface area (Å²) in [6.07, 6.45) is 3.37. The van der Waals surface area contributed by atoms with E-state index in [2.05, 4.69) is 35.9 Å². The Hall–Kier alpha value is 0.986. The second kappa shape index (κ2) is 7.99.